The lowest BCUT2D eigenvalue weighted by molar-refractivity contribution is 0.660. The van der Waals surface area contributed by atoms with Crippen LogP contribution in [0.2, 0.25) is 0 Å². The molecule has 3 unspecified atom stereocenters. The zero-order valence-corrected chi connectivity index (χ0v) is 45.1. The van der Waals surface area contributed by atoms with E-state index in [-0.39, 0.29) is 5.41 Å². The largest absolute Gasteiger partial charge is 0.456 e. The van der Waals surface area contributed by atoms with Gasteiger partial charge in [-0.15, -0.1) is 11.8 Å². The smallest absolute Gasteiger partial charge is 0.144 e. The molecule has 3 atom stereocenters. The number of hydrogen-bond donors (Lipinski definition) is 0. The zero-order valence-electron chi connectivity index (χ0n) is 44.3. The molecule has 10 aromatic carbocycles. The number of rotatable bonds is 5. The van der Waals surface area contributed by atoms with Gasteiger partial charge < -0.3 is 13.7 Å². The van der Waals surface area contributed by atoms with E-state index in [0.29, 0.717) is 11.2 Å². The molecule has 3 nitrogen and oxygen atoms in total. The third-order valence-electron chi connectivity index (χ3n) is 18.9. The van der Waals surface area contributed by atoms with Crippen molar-refractivity contribution in [1.29, 1.82) is 0 Å². The summed E-state index contributed by atoms with van der Waals surface area (Å²) in [5, 5.41) is 4.62. The van der Waals surface area contributed by atoms with Crippen LogP contribution in [0.25, 0.3) is 94.0 Å². The van der Waals surface area contributed by atoms with Crippen LogP contribution in [-0.2, 0) is 10.8 Å². The monoisotopic (exact) mass is 1040 g/mol. The summed E-state index contributed by atoms with van der Waals surface area (Å²) < 4.78 is 14.5. The minimum atomic E-state index is -0.417. The van der Waals surface area contributed by atoms with Gasteiger partial charge in [0.2, 0.25) is 0 Å². The van der Waals surface area contributed by atoms with Crippen molar-refractivity contribution in [2.75, 3.05) is 4.90 Å². The van der Waals surface area contributed by atoms with Gasteiger partial charge in [0.1, 0.15) is 22.3 Å². The number of para-hydroxylation sites is 1. The Bertz CT molecular complexity index is 4860. The zero-order chi connectivity index (χ0) is 52.6. The van der Waals surface area contributed by atoms with Crippen molar-refractivity contribution < 1.29 is 8.83 Å². The van der Waals surface area contributed by atoms with E-state index in [1.807, 2.05) is 11.8 Å². The van der Waals surface area contributed by atoms with E-state index in [2.05, 4.69) is 255 Å². The summed E-state index contributed by atoms with van der Waals surface area (Å²) in [6.45, 7) is 4.74. The number of anilines is 3. The molecule has 0 bridgehead atoms. The van der Waals surface area contributed by atoms with Gasteiger partial charge in [-0.2, -0.15) is 0 Å². The second kappa shape index (κ2) is 16.3. The molecule has 0 fully saturated rings. The highest BCUT2D eigenvalue weighted by Crippen LogP contribution is 2.64. The molecule has 0 saturated carbocycles. The first-order valence-electron chi connectivity index (χ1n) is 28.3. The minimum absolute atomic E-state index is 0.192. The van der Waals surface area contributed by atoms with Crippen molar-refractivity contribution in [2.24, 2.45) is 0 Å². The van der Waals surface area contributed by atoms with Crippen LogP contribution in [0.1, 0.15) is 71.6 Å². The normalized spacial score (nSPS) is 19.2. The molecule has 0 saturated heterocycles. The maximum absolute atomic E-state index is 7.48. The highest BCUT2D eigenvalue weighted by atomic mass is 32.2. The van der Waals surface area contributed by atoms with Crippen molar-refractivity contribution in [3.8, 4) is 44.5 Å². The molecule has 5 aliphatic carbocycles. The second-order valence-corrected chi connectivity index (χ2v) is 24.4. The Morgan fingerprint density at radius 1 is 0.500 bits per heavy atom. The van der Waals surface area contributed by atoms with E-state index in [9.17, 15) is 0 Å². The first-order valence-corrected chi connectivity index (χ1v) is 29.2. The molecule has 0 N–H and O–H groups in total. The maximum atomic E-state index is 7.48. The fourth-order valence-electron chi connectivity index (χ4n) is 15.5. The van der Waals surface area contributed by atoms with E-state index in [1.54, 1.807) is 0 Å². The van der Waals surface area contributed by atoms with Gasteiger partial charge in [0.15, 0.2) is 0 Å². The topological polar surface area (TPSA) is 29.5 Å². The van der Waals surface area contributed by atoms with Gasteiger partial charge in [-0.1, -0.05) is 196 Å². The summed E-state index contributed by atoms with van der Waals surface area (Å²) in [7, 11) is 0. The molecule has 378 valence electrons. The fraction of sp³-hybridized carbons (Fsp3) is 0.105. The lowest BCUT2D eigenvalue weighted by atomic mass is 9.68. The molecule has 6 aliphatic rings. The average Bonchev–Trinajstić information content (AvgIpc) is 4.48. The van der Waals surface area contributed by atoms with Gasteiger partial charge in [-0.3, -0.25) is 0 Å². The van der Waals surface area contributed by atoms with Gasteiger partial charge in [0.25, 0.3) is 0 Å². The van der Waals surface area contributed by atoms with E-state index in [0.717, 1.165) is 84.9 Å². The molecule has 80 heavy (non-hydrogen) atoms. The van der Waals surface area contributed by atoms with Crippen LogP contribution in [0.5, 0.6) is 0 Å². The van der Waals surface area contributed by atoms with Crippen molar-refractivity contribution in [1.82, 2.24) is 0 Å². The number of hydrogen-bond acceptors (Lipinski definition) is 4. The molecule has 4 heteroatoms. The quantitative estimate of drug-likeness (QED) is 0.172. The van der Waals surface area contributed by atoms with Gasteiger partial charge in [-0.25, -0.2) is 0 Å². The summed E-state index contributed by atoms with van der Waals surface area (Å²) in [6, 6.07) is 75.1. The van der Waals surface area contributed by atoms with Crippen LogP contribution >= 0.6 is 11.8 Å². The Labute approximate surface area is 468 Å². The van der Waals surface area contributed by atoms with Crippen molar-refractivity contribution >= 4 is 78.3 Å². The molecule has 3 heterocycles. The SMILES string of the molecule is CC1(C)c2ccccc2-c2ccc(N(c3ccc(-c4cccc5c4SC4C=CC=CC54)cc3)c3cccc4oc5c(-c6ccc7c(c6)C6(C8=C(C=CCC8)c8ccccc86)c6ccccc6-7)c6c(cc5c34)oc3ccccc36)cc21. The summed E-state index contributed by atoms with van der Waals surface area (Å²) in [4.78, 5) is 3.85. The molecule has 12 aromatic rings. The molecule has 1 spiro atoms. The maximum Gasteiger partial charge on any atom is 0.144 e. The standard InChI is InChI=1S/C76H51NO2S/c1-75(2)59-25-9-3-17-49(59)53-40-38-47(42-63(53)75)77(46-36-33-44(34-37-46)48-23-15-24-56-55-21-8-14-32-69(55)80-74(48)56)65-29-16-31-67-71(65)58-43-68-72(57-22-7-13-30-66(57)78-68)70(73(58)79-67)45-35-39-54-52-20-6-12-28-62(52)76(64(54)41-45)60-26-10-4-18-50(60)51-19-5-11-27-61(51)76/h3-10,12-26,28-43,55,69H,11,27H2,1-2H3. The van der Waals surface area contributed by atoms with Crippen LogP contribution in [0.3, 0.4) is 0 Å². The van der Waals surface area contributed by atoms with Crippen LogP contribution in [0.15, 0.2) is 256 Å². The van der Waals surface area contributed by atoms with Crippen LogP contribution in [0, 0.1) is 0 Å². The molecular weight excluding hydrogens is 991 g/mol. The van der Waals surface area contributed by atoms with Crippen molar-refractivity contribution in [2.45, 2.75) is 53.6 Å². The molecule has 18 rings (SSSR count). The Balaban J connectivity index is 0.875. The van der Waals surface area contributed by atoms with Gasteiger partial charge >= 0.3 is 0 Å². The highest BCUT2D eigenvalue weighted by Gasteiger charge is 2.52. The molecule has 0 radical (unpaired) electrons. The third-order valence-corrected chi connectivity index (χ3v) is 20.3. The lowest BCUT2D eigenvalue weighted by Crippen LogP contribution is -2.27. The number of benzene rings is 10. The first-order chi connectivity index (χ1) is 39.4. The van der Waals surface area contributed by atoms with Gasteiger partial charge in [0.05, 0.1) is 16.5 Å². The predicted octanol–water partition coefficient (Wildman–Crippen LogP) is 20.7. The van der Waals surface area contributed by atoms with Crippen LogP contribution in [-0.4, -0.2) is 5.25 Å². The van der Waals surface area contributed by atoms with Gasteiger partial charge in [-0.05, 0) is 156 Å². The minimum Gasteiger partial charge on any atom is -0.456 e. The molecular formula is C76H51NO2S. The van der Waals surface area contributed by atoms with Crippen LogP contribution in [0.4, 0.5) is 17.1 Å². The molecule has 1 aliphatic heterocycles. The average molecular weight is 1040 g/mol. The summed E-state index contributed by atoms with van der Waals surface area (Å²) in [6.07, 6.45) is 15.9. The fourth-order valence-corrected chi connectivity index (χ4v) is 17.0. The second-order valence-electron chi connectivity index (χ2n) is 23.2. The first kappa shape index (κ1) is 44.8. The number of nitrogens with zero attached hydrogens (tertiary/aromatic N) is 1. The van der Waals surface area contributed by atoms with E-state index in [4.69, 9.17) is 8.83 Å². The van der Waals surface area contributed by atoms with Gasteiger partial charge in [0, 0.05) is 54.6 Å². The Kier molecular flexibility index (Phi) is 9.11. The Hall–Kier alpha value is -9.09. The number of thioether (sulfide) groups is 1. The molecule has 2 aromatic heterocycles. The summed E-state index contributed by atoms with van der Waals surface area (Å²) in [5.41, 5.74) is 28.2. The summed E-state index contributed by atoms with van der Waals surface area (Å²) in [5.74, 6) is 0.401. The van der Waals surface area contributed by atoms with E-state index < -0.39 is 5.41 Å². The van der Waals surface area contributed by atoms with Crippen LogP contribution < -0.4 is 4.90 Å². The highest BCUT2D eigenvalue weighted by molar-refractivity contribution is 8.00. The predicted molar refractivity (Wildman–Crippen MR) is 332 cm³/mol. The number of allylic oxidation sites excluding steroid dienone is 7. The third kappa shape index (κ3) is 5.86. The summed E-state index contributed by atoms with van der Waals surface area (Å²) >= 11 is 1.99. The molecule has 0 amide bonds. The number of furan rings is 2. The lowest BCUT2D eigenvalue weighted by Gasteiger charge is -2.33. The van der Waals surface area contributed by atoms with E-state index in [1.165, 1.54) is 88.4 Å². The Morgan fingerprint density at radius 2 is 1.18 bits per heavy atom. The number of fused-ring (bicyclic) bond motifs is 21. The van der Waals surface area contributed by atoms with E-state index >= 15 is 0 Å². The Morgan fingerprint density at radius 3 is 2.05 bits per heavy atom. The van der Waals surface area contributed by atoms with Crippen molar-refractivity contribution in [3.63, 3.8) is 0 Å². The van der Waals surface area contributed by atoms with Crippen molar-refractivity contribution in [3.05, 3.63) is 281 Å².